The van der Waals surface area contributed by atoms with E-state index in [1.165, 1.54) is 88.3 Å². The zero-order valence-electron chi connectivity index (χ0n) is 56.6. The molecule has 19 aromatic rings. The lowest BCUT2D eigenvalue weighted by molar-refractivity contribution is 1.25. The van der Waals surface area contributed by atoms with Crippen molar-refractivity contribution in [3.8, 4) is 33.4 Å². The third-order valence-corrected chi connectivity index (χ3v) is 22.6. The first-order valence-corrected chi connectivity index (χ1v) is 37.5. The van der Waals surface area contributed by atoms with E-state index in [1.54, 1.807) is 0 Å². The van der Waals surface area contributed by atoms with E-state index in [2.05, 4.69) is 414 Å². The molecule has 0 radical (unpaired) electrons. The lowest BCUT2D eigenvalue weighted by Gasteiger charge is -2.30. The highest BCUT2D eigenvalue weighted by Gasteiger charge is 2.21. The fourth-order valence-electron chi connectivity index (χ4n) is 14.3. The van der Waals surface area contributed by atoms with Crippen molar-refractivity contribution in [1.29, 1.82) is 0 Å². The molecule has 0 atom stereocenters. The first kappa shape index (κ1) is 63.4. The van der Waals surface area contributed by atoms with Crippen LogP contribution < -0.4 is 25.3 Å². The molecule has 0 fully saturated rings. The van der Waals surface area contributed by atoms with Crippen LogP contribution in [0.5, 0.6) is 0 Å². The van der Waals surface area contributed by atoms with Crippen LogP contribution in [0.1, 0.15) is 0 Å². The van der Waals surface area contributed by atoms with E-state index in [4.69, 9.17) is 0 Å². The van der Waals surface area contributed by atoms with Gasteiger partial charge in [0, 0.05) is 134 Å². The molecule has 0 spiro atoms. The van der Waals surface area contributed by atoms with Gasteiger partial charge in [-0.25, -0.2) is 0 Å². The summed E-state index contributed by atoms with van der Waals surface area (Å²) in [5, 5.41) is 15.0. The number of hydrogen-bond donors (Lipinski definition) is 2. The maximum Gasteiger partial charge on any atom is 0.0488 e. The van der Waals surface area contributed by atoms with Gasteiger partial charge in [-0.2, -0.15) is 0 Å². The van der Waals surface area contributed by atoms with E-state index < -0.39 is 0 Å². The van der Waals surface area contributed by atoms with E-state index in [9.17, 15) is 0 Å². The fraction of sp³-hybridized carbons (Fsp3) is 0. The van der Waals surface area contributed by atoms with Crippen LogP contribution in [0.25, 0.3) is 93.9 Å². The van der Waals surface area contributed by atoms with Crippen molar-refractivity contribution in [2.75, 3.05) is 25.3 Å². The second-order valence-electron chi connectivity index (χ2n) is 25.8. The smallest absolute Gasteiger partial charge is 0.0488 e. The monoisotopic (exact) mass is 1390 g/mol. The van der Waals surface area contributed by atoms with Crippen molar-refractivity contribution in [3.63, 3.8) is 0 Å². The lowest BCUT2D eigenvalue weighted by Crippen LogP contribution is -2.13. The van der Waals surface area contributed by atoms with Gasteiger partial charge in [-0.15, -0.1) is 34.0 Å². The van der Waals surface area contributed by atoms with Gasteiger partial charge in [0.2, 0.25) is 0 Å². The van der Waals surface area contributed by atoms with Crippen LogP contribution in [0.4, 0.5) is 73.9 Å². The summed E-state index contributed by atoms with van der Waals surface area (Å²) < 4.78 is 7.75. The standard InChI is InChI=1S/C48H35N3S.C48H32N2S2/c1-6-16-37(17-7-1)49-38-27-28-45-46-32-35(26-29-47(46)52-48(45)33-38)36-30-43(50(39-18-8-2-9-19-39)40-20-10-3-11-21-40)34-44(31-36)51(41-22-12-4-13-23-41)42-24-14-5-15-25-42;1-3-13-37(14-4-1)50(38-15-5-2-6-16-38)39-25-21-32(22-26-39)33-11-9-12-34(29-33)35-23-28-45-42(30-35)40-27-24-36(31-47(40)52-45)49-43-18-10-20-46-48(43)41-17-7-8-19-44(41)51-46/h1-34,49H;1-31,49H. The third kappa shape index (κ3) is 12.9. The van der Waals surface area contributed by atoms with Gasteiger partial charge in [-0.05, 0) is 221 Å². The van der Waals surface area contributed by atoms with Crippen molar-refractivity contribution in [2.24, 2.45) is 0 Å². The number of thiophene rings is 3. The molecule has 5 nitrogen and oxygen atoms in total. The Morgan fingerprint density at radius 2 is 0.538 bits per heavy atom. The molecule has 0 aliphatic heterocycles. The van der Waals surface area contributed by atoms with E-state index in [1.807, 2.05) is 40.1 Å². The Balaban J connectivity index is 0.000000148. The van der Waals surface area contributed by atoms with Crippen LogP contribution >= 0.6 is 34.0 Å². The van der Waals surface area contributed by atoms with Gasteiger partial charge < -0.3 is 25.3 Å². The second kappa shape index (κ2) is 28.3. The van der Waals surface area contributed by atoms with Crippen LogP contribution in [0.2, 0.25) is 0 Å². The molecule has 0 saturated heterocycles. The molecule has 0 aliphatic carbocycles. The summed E-state index contributed by atoms with van der Waals surface area (Å²) >= 11 is 5.55. The Morgan fingerprint density at radius 1 is 0.173 bits per heavy atom. The third-order valence-electron chi connectivity index (χ3n) is 19.2. The number of hydrogen-bond acceptors (Lipinski definition) is 8. The average Bonchev–Trinajstić information content (AvgIpc) is 1.03. The number of para-hydroxylation sites is 7. The van der Waals surface area contributed by atoms with Crippen molar-refractivity contribution < 1.29 is 0 Å². The van der Waals surface area contributed by atoms with Gasteiger partial charge in [0.05, 0.1) is 0 Å². The van der Waals surface area contributed by atoms with Crippen LogP contribution in [0.3, 0.4) is 0 Å². The number of nitrogens with one attached hydrogen (secondary N) is 2. The van der Waals surface area contributed by atoms with Crippen molar-refractivity contribution in [1.82, 2.24) is 0 Å². The Kier molecular flexibility index (Phi) is 17.2. The second-order valence-corrected chi connectivity index (χ2v) is 29.1. The Hall–Kier alpha value is -12.8. The fourth-order valence-corrected chi connectivity index (χ4v) is 17.7. The van der Waals surface area contributed by atoms with Gasteiger partial charge in [0.1, 0.15) is 0 Å². The highest BCUT2D eigenvalue weighted by molar-refractivity contribution is 7.26. The molecular formula is C96H67N5S3. The minimum Gasteiger partial charge on any atom is -0.355 e. The van der Waals surface area contributed by atoms with Gasteiger partial charge in [0.25, 0.3) is 0 Å². The summed E-state index contributed by atoms with van der Waals surface area (Å²) in [7, 11) is 0. The van der Waals surface area contributed by atoms with Crippen LogP contribution in [-0.4, -0.2) is 0 Å². The zero-order chi connectivity index (χ0) is 69.1. The summed E-state index contributed by atoms with van der Waals surface area (Å²) in [6, 6.07) is 141. The normalized spacial score (nSPS) is 11.3. The number of anilines is 13. The quantitative estimate of drug-likeness (QED) is 0.101. The van der Waals surface area contributed by atoms with Gasteiger partial charge in [-0.3, -0.25) is 0 Å². The summed E-state index contributed by atoms with van der Waals surface area (Å²) in [5.41, 5.74) is 21.5. The SMILES string of the molecule is c1ccc(N(c2ccccc2)c2ccc(-c3cccc(-c4ccc5sc6cc(Nc7cccc8sc9ccccc9c78)ccc6c5c4)c3)cc2)cc1.c1ccc(Nc2ccc3c(c2)sc2ccc(-c4cc(N(c5ccccc5)c5ccccc5)cc(N(c5ccccc5)c5ccccc5)c4)cc23)cc1. The molecule has 494 valence electrons. The summed E-state index contributed by atoms with van der Waals surface area (Å²) in [6.07, 6.45) is 0. The summed E-state index contributed by atoms with van der Waals surface area (Å²) in [6.45, 7) is 0. The predicted octanol–water partition coefficient (Wildman–Crippen LogP) is 29.4. The first-order valence-electron chi connectivity index (χ1n) is 35.0. The number of nitrogens with zero attached hydrogens (tertiary/aromatic N) is 3. The molecule has 0 amide bonds. The summed E-state index contributed by atoms with van der Waals surface area (Å²) in [5.74, 6) is 0. The molecule has 0 aliphatic rings. The molecule has 0 unspecified atom stereocenters. The zero-order valence-corrected chi connectivity index (χ0v) is 59.0. The molecule has 0 bridgehead atoms. The van der Waals surface area contributed by atoms with E-state index in [0.717, 1.165) is 79.5 Å². The van der Waals surface area contributed by atoms with Gasteiger partial charge >= 0.3 is 0 Å². The van der Waals surface area contributed by atoms with Crippen molar-refractivity contribution in [3.05, 3.63) is 394 Å². The molecule has 0 saturated carbocycles. The maximum absolute atomic E-state index is 3.76. The molecule has 3 aromatic heterocycles. The average molecular weight is 1390 g/mol. The maximum atomic E-state index is 3.76. The Bertz CT molecular complexity index is 6010. The predicted molar refractivity (Wildman–Crippen MR) is 451 cm³/mol. The molecular weight excluding hydrogens is 1320 g/mol. The van der Waals surface area contributed by atoms with Crippen LogP contribution in [0.15, 0.2) is 394 Å². The minimum absolute atomic E-state index is 1.08. The summed E-state index contributed by atoms with van der Waals surface area (Å²) in [4.78, 5) is 6.99. The van der Waals surface area contributed by atoms with Crippen molar-refractivity contribution in [2.45, 2.75) is 0 Å². The first-order chi connectivity index (χ1) is 51.5. The Morgan fingerprint density at radius 3 is 1.04 bits per heavy atom. The number of benzene rings is 16. The van der Waals surface area contributed by atoms with E-state index in [0.29, 0.717) is 0 Å². The van der Waals surface area contributed by atoms with Gasteiger partial charge in [0.15, 0.2) is 0 Å². The van der Waals surface area contributed by atoms with Crippen LogP contribution in [-0.2, 0) is 0 Å². The Labute approximate surface area is 617 Å². The molecule has 2 N–H and O–H groups in total. The topological polar surface area (TPSA) is 33.8 Å². The minimum atomic E-state index is 1.08. The molecule has 8 heteroatoms. The van der Waals surface area contributed by atoms with Gasteiger partial charge in [-0.1, -0.05) is 206 Å². The number of fused-ring (bicyclic) bond motifs is 9. The largest absolute Gasteiger partial charge is 0.355 e. The van der Waals surface area contributed by atoms with E-state index in [-0.39, 0.29) is 0 Å². The molecule has 19 rings (SSSR count). The molecule has 16 aromatic carbocycles. The van der Waals surface area contributed by atoms with E-state index >= 15 is 0 Å². The van der Waals surface area contributed by atoms with Crippen LogP contribution in [0, 0.1) is 0 Å². The molecule has 104 heavy (non-hydrogen) atoms. The van der Waals surface area contributed by atoms with Crippen molar-refractivity contribution >= 4 is 168 Å². The molecule has 3 heterocycles. The number of rotatable bonds is 16. The lowest BCUT2D eigenvalue weighted by atomic mass is 9.97. The highest BCUT2D eigenvalue weighted by Crippen LogP contribution is 2.47. The highest BCUT2D eigenvalue weighted by atomic mass is 32.1.